The molecule has 4 aromatic rings. The van der Waals surface area contributed by atoms with Crippen LogP contribution in [0, 0.1) is 0 Å². The van der Waals surface area contributed by atoms with Crippen LogP contribution in [0.2, 0.25) is 0 Å². The lowest BCUT2D eigenvalue weighted by Crippen LogP contribution is -2.14. The van der Waals surface area contributed by atoms with Crippen molar-refractivity contribution in [1.82, 2.24) is 4.98 Å². The lowest BCUT2D eigenvalue weighted by molar-refractivity contribution is -0.115. The van der Waals surface area contributed by atoms with Gasteiger partial charge in [0, 0.05) is 6.26 Å². The first-order chi connectivity index (χ1) is 12.9. The second-order valence-electron chi connectivity index (χ2n) is 6.33. The molecule has 0 saturated carbocycles. The Labute approximate surface area is 160 Å². The first kappa shape index (κ1) is 17.6. The topological polar surface area (TPSA) is 76.1 Å². The highest BCUT2D eigenvalue weighted by molar-refractivity contribution is 7.90. The molecule has 0 spiro atoms. The zero-order valence-electron chi connectivity index (χ0n) is 14.5. The van der Waals surface area contributed by atoms with E-state index in [2.05, 4.69) is 10.3 Å². The molecule has 0 aliphatic carbocycles. The third-order valence-electron chi connectivity index (χ3n) is 4.21. The normalized spacial score (nSPS) is 11.7. The Kier molecular flexibility index (Phi) is 4.41. The van der Waals surface area contributed by atoms with Crippen LogP contribution in [-0.4, -0.2) is 25.6 Å². The van der Waals surface area contributed by atoms with E-state index in [0.29, 0.717) is 10.6 Å². The van der Waals surface area contributed by atoms with Gasteiger partial charge in [0.15, 0.2) is 15.0 Å². The molecule has 3 aromatic carbocycles. The fourth-order valence-corrected chi connectivity index (χ4v) is 4.53. The molecule has 5 nitrogen and oxygen atoms in total. The average molecular weight is 396 g/mol. The van der Waals surface area contributed by atoms with Crippen LogP contribution in [-0.2, 0) is 21.1 Å². The third kappa shape index (κ3) is 3.84. The molecule has 1 heterocycles. The van der Waals surface area contributed by atoms with E-state index in [1.807, 2.05) is 42.5 Å². The van der Waals surface area contributed by atoms with Crippen LogP contribution in [0.25, 0.3) is 21.0 Å². The van der Waals surface area contributed by atoms with E-state index < -0.39 is 9.84 Å². The minimum atomic E-state index is -3.28. The average Bonchev–Trinajstić information content (AvgIpc) is 3.02. The zero-order valence-corrected chi connectivity index (χ0v) is 16.1. The zero-order chi connectivity index (χ0) is 19.0. The number of fused-ring (bicyclic) bond motifs is 2. The number of carbonyl (C=O) groups is 1. The van der Waals surface area contributed by atoms with Crippen LogP contribution in [0.5, 0.6) is 0 Å². The number of anilines is 1. The van der Waals surface area contributed by atoms with Crippen LogP contribution >= 0.6 is 11.3 Å². The van der Waals surface area contributed by atoms with Gasteiger partial charge in [-0.3, -0.25) is 4.79 Å². The number of amides is 1. The number of nitrogens with one attached hydrogen (secondary N) is 1. The van der Waals surface area contributed by atoms with Crippen LogP contribution in [0.3, 0.4) is 0 Å². The van der Waals surface area contributed by atoms with Gasteiger partial charge >= 0.3 is 0 Å². The number of hydrogen-bond acceptors (Lipinski definition) is 5. The van der Waals surface area contributed by atoms with Gasteiger partial charge in [-0.15, -0.1) is 0 Å². The van der Waals surface area contributed by atoms with E-state index in [1.165, 1.54) is 23.7 Å². The monoisotopic (exact) mass is 396 g/mol. The highest BCUT2D eigenvalue weighted by atomic mass is 32.2. The van der Waals surface area contributed by atoms with Gasteiger partial charge < -0.3 is 5.32 Å². The molecule has 1 N–H and O–H groups in total. The number of rotatable bonds is 4. The molecule has 0 unspecified atom stereocenters. The van der Waals surface area contributed by atoms with Crippen LogP contribution in [0.15, 0.2) is 65.6 Å². The van der Waals surface area contributed by atoms with E-state index in [1.54, 1.807) is 12.1 Å². The summed E-state index contributed by atoms with van der Waals surface area (Å²) in [5, 5.41) is 5.49. The SMILES string of the molecule is CS(=O)(=O)c1ccc2nc(NC(=O)Cc3ccc4ccccc4c3)sc2c1. The van der Waals surface area contributed by atoms with E-state index >= 15 is 0 Å². The van der Waals surface area contributed by atoms with Gasteiger partial charge in [0.2, 0.25) is 5.91 Å². The number of thiazole rings is 1. The smallest absolute Gasteiger partial charge is 0.230 e. The Morgan fingerprint density at radius 1 is 1.04 bits per heavy atom. The van der Waals surface area contributed by atoms with Crippen molar-refractivity contribution in [2.24, 2.45) is 0 Å². The van der Waals surface area contributed by atoms with Crippen molar-refractivity contribution in [2.75, 3.05) is 11.6 Å². The maximum atomic E-state index is 12.4. The molecule has 0 radical (unpaired) electrons. The molecule has 0 fully saturated rings. The van der Waals surface area contributed by atoms with Gasteiger partial charge in [0.05, 0.1) is 21.5 Å². The van der Waals surface area contributed by atoms with Crippen molar-refractivity contribution in [3.05, 3.63) is 66.2 Å². The molecule has 0 saturated heterocycles. The predicted octanol–water partition coefficient (Wildman–Crippen LogP) is 4.03. The molecule has 7 heteroatoms. The summed E-state index contributed by atoms with van der Waals surface area (Å²) in [6.07, 6.45) is 1.41. The standard InChI is InChI=1S/C20H16N2O3S2/c1-27(24,25)16-8-9-17-18(12-16)26-20(21-17)22-19(23)11-13-6-7-14-4-2-3-5-15(14)10-13/h2-10,12H,11H2,1H3,(H,21,22,23). The molecule has 0 aliphatic rings. The quantitative estimate of drug-likeness (QED) is 0.565. The highest BCUT2D eigenvalue weighted by Gasteiger charge is 2.12. The number of sulfone groups is 1. The van der Waals surface area contributed by atoms with Crippen molar-refractivity contribution < 1.29 is 13.2 Å². The lowest BCUT2D eigenvalue weighted by Gasteiger charge is -2.04. The van der Waals surface area contributed by atoms with Crippen molar-refractivity contribution >= 4 is 53.2 Å². The van der Waals surface area contributed by atoms with Gasteiger partial charge in [-0.1, -0.05) is 53.8 Å². The summed E-state index contributed by atoms with van der Waals surface area (Å²) >= 11 is 1.26. The fourth-order valence-electron chi connectivity index (χ4n) is 2.89. The maximum Gasteiger partial charge on any atom is 0.230 e. The number of benzene rings is 3. The largest absolute Gasteiger partial charge is 0.302 e. The summed E-state index contributed by atoms with van der Waals surface area (Å²) in [5.74, 6) is -0.160. The maximum absolute atomic E-state index is 12.4. The molecule has 0 bridgehead atoms. The van der Waals surface area contributed by atoms with Crippen LogP contribution < -0.4 is 5.32 Å². The van der Waals surface area contributed by atoms with Gasteiger partial charge in [0.1, 0.15) is 0 Å². The molecular formula is C20H16N2O3S2. The summed E-state index contributed by atoms with van der Waals surface area (Å²) in [6.45, 7) is 0. The van der Waals surface area contributed by atoms with Crippen molar-refractivity contribution in [1.29, 1.82) is 0 Å². The van der Waals surface area contributed by atoms with Gasteiger partial charge in [-0.2, -0.15) is 0 Å². The first-order valence-electron chi connectivity index (χ1n) is 8.27. The van der Waals surface area contributed by atoms with Gasteiger partial charge in [0.25, 0.3) is 0 Å². The number of nitrogens with zero attached hydrogens (tertiary/aromatic N) is 1. The molecule has 27 heavy (non-hydrogen) atoms. The predicted molar refractivity (Wildman–Crippen MR) is 109 cm³/mol. The Balaban J connectivity index is 1.53. The van der Waals surface area contributed by atoms with E-state index in [4.69, 9.17) is 0 Å². The van der Waals surface area contributed by atoms with Crippen LogP contribution in [0.1, 0.15) is 5.56 Å². The van der Waals surface area contributed by atoms with E-state index in [9.17, 15) is 13.2 Å². The second kappa shape index (κ2) is 6.75. The second-order valence-corrected chi connectivity index (χ2v) is 9.37. The minimum Gasteiger partial charge on any atom is -0.302 e. The summed E-state index contributed by atoms with van der Waals surface area (Å²) < 4.78 is 24.1. The molecule has 0 aliphatic heterocycles. The Morgan fingerprint density at radius 2 is 1.81 bits per heavy atom. The highest BCUT2D eigenvalue weighted by Crippen LogP contribution is 2.28. The number of hydrogen-bond donors (Lipinski definition) is 1. The summed E-state index contributed by atoms with van der Waals surface area (Å²) in [7, 11) is -3.28. The van der Waals surface area contributed by atoms with E-state index in [-0.39, 0.29) is 17.2 Å². The molecule has 136 valence electrons. The summed E-state index contributed by atoms with van der Waals surface area (Å²) in [4.78, 5) is 17.0. The number of carbonyl (C=O) groups excluding carboxylic acids is 1. The number of aromatic nitrogens is 1. The van der Waals surface area contributed by atoms with Crippen molar-refractivity contribution in [2.45, 2.75) is 11.3 Å². The summed E-state index contributed by atoms with van der Waals surface area (Å²) in [6, 6.07) is 18.7. The van der Waals surface area contributed by atoms with Gasteiger partial charge in [-0.05, 0) is 34.5 Å². The third-order valence-corrected chi connectivity index (χ3v) is 6.26. The van der Waals surface area contributed by atoms with Crippen molar-refractivity contribution in [3.8, 4) is 0 Å². The Hall–Kier alpha value is -2.77. The fraction of sp³-hybridized carbons (Fsp3) is 0.100. The molecule has 1 amide bonds. The molecule has 1 aromatic heterocycles. The minimum absolute atomic E-state index is 0.160. The lowest BCUT2D eigenvalue weighted by atomic mass is 10.1. The van der Waals surface area contributed by atoms with Gasteiger partial charge in [-0.25, -0.2) is 13.4 Å². The molecule has 4 rings (SSSR count). The van der Waals surface area contributed by atoms with Crippen LogP contribution in [0.4, 0.5) is 5.13 Å². The van der Waals surface area contributed by atoms with Crippen molar-refractivity contribution in [3.63, 3.8) is 0 Å². The van der Waals surface area contributed by atoms with E-state index in [0.717, 1.165) is 21.0 Å². The Bertz CT molecular complexity index is 1280. The summed E-state index contributed by atoms with van der Waals surface area (Å²) in [5.41, 5.74) is 1.58. The molecular weight excluding hydrogens is 380 g/mol. The molecule has 0 atom stereocenters. The first-order valence-corrected chi connectivity index (χ1v) is 11.0. The Morgan fingerprint density at radius 3 is 2.59 bits per heavy atom.